The lowest BCUT2D eigenvalue weighted by Gasteiger charge is -2.16. The Labute approximate surface area is 141 Å². The van der Waals surface area contributed by atoms with Gasteiger partial charge in [-0.1, -0.05) is 12.1 Å². The molecule has 1 unspecified atom stereocenters. The maximum absolute atomic E-state index is 11.9. The zero-order chi connectivity index (χ0) is 16.7. The Bertz CT molecular complexity index is 613. The van der Waals surface area contributed by atoms with E-state index in [1.165, 1.54) is 0 Å². The number of nitrogens with two attached hydrogens (primary N) is 1. The highest BCUT2D eigenvalue weighted by Gasteiger charge is 2.07. The van der Waals surface area contributed by atoms with E-state index in [2.05, 4.69) is 33.7 Å². The minimum Gasteiger partial charge on any atom is -0.328 e. The molecule has 1 heterocycles. The van der Waals surface area contributed by atoms with E-state index in [0.29, 0.717) is 12.8 Å². The van der Waals surface area contributed by atoms with Crippen LogP contribution in [0, 0.1) is 0 Å². The van der Waals surface area contributed by atoms with E-state index in [9.17, 15) is 4.79 Å². The third-order valence-corrected chi connectivity index (χ3v) is 4.04. The molecule has 2 aromatic rings. The van der Waals surface area contributed by atoms with Gasteiger partial charge in [0.25, 0.3) is 0 Å². The third kappa shape index (κ3) is 6.48. The monoisotopic (exact) mass is 332 g/mol. The molecule has 1 atom stereocenters. The summed E-state index contributed by atoms with van der Waals surface area (Å²) in [7, 11) is 2.06. The van der Waals surface area contributed by atoms with Crippen LogP contribution in [0.25, 0.3) is 0 Å². The first-order valence-corrected chi connectivity index (χ1v) is 8.67. The number of amides is 1. The first-order valence-electron chi connectivity index (χ1n) is 7.73. The third-order valence-electron chi connectivity index (χ3n) is 3.41. The van der Waals surface area contributed by atoms with Crippen molar-refractivity contribution in [1.82, 2.24) is 9.88 Å². The van der Waals surface area contributed by atoms with Crippen LogP contribution >= 0.6 is 11.3 Å². The summed E-state index contributed by atoms with van der Waals surface area (Å²) in [5.41, 5.74) is 10.6. The van der Waals surface area contributed by atoms with Gasteiger partial charge in [-0.2, -0.15) is 0 Å². The van der Waals surface area contributed by atoms with Gasteiger partial charge in [0.05, 0.1) is 11.2 Å². The van der Waals surface area contributed by atoms with Crippen LogP contribution < -0.4 is 11.1 Å². The molecule has 1 amide bonds. The second-order valence-electron chi connectivity index (χ2n) is 5.92. The summed E-state index contributed by atoms with van der Waals surface area (Å²) in [4.78, 5) is 18.4. The number of carbonyl (C=O) groups excluding carboxylic acids is 1. The number of rotatable bonds is 8. The molecule has 0 saturated heterocycles. The lowest BCUT2D eigenvalue weighted by Crippen LogP contribution is -2.20. The molecule has 23 heavy (non-hydrogen) atoms. The van der Waals surface area contributed by atoms with Crippen LogP contribution in [0.1, 0.15) is 31.0 Å². The number of aromatic nitrogens is 1. The molecule has 124 valence electrons. The normalized spacial score (nSPS) is 12.3. The van der Waals surface area contributed by atoms with Gasteiger partial charge in [0.1, 0.15) is 0 Å². The fourth-order valence-corrected chi connectivity index (χ4v) is 2.84. The van der Waals surface area contributed by atoms with Crippen molar-refractivity contribution in [1.29, 1.82) is 0 Å². The summed E-state index contributed by atoms with van der Waals surface area (Å²) < 4.78 is 0. The zero-order valence-electron chi connectivity index (χ0n) is 13.7. The summed E-state index contributed by atoms with van der Waals surface area (Å²) in [5.74, 6) is 0.00952. The molecule has 0 radical (unpaired) electrons. The number of hydrogen-bond acceptors (Lipinski definition) is 5. The Kier molecular flexibility index (Phi) is 6.70. The maximum atomic E-state index is 11.9. The molecule has 0 spiro atoms. The van der Waals surface area contributed by atoms with Crippen LogP contribution in [0.5, 0.6) is 0 Å². The average molecular weight is 332 g/mol. The van der Waals surface area contributed by atoms with Crippen LogP contribution in [-0.4, -0.2) is 28.9 Å². The number of benzene rings is 1. The van der Waals surface area contributed by atoms with Gasteiger partial charge in [-0.25, -0.2) is 4.98 Å². The van der Waals surface area contributed by atoms with Crippen molar-refractivity contribution in [2.45, 2.75) is 38.9 Å². The number of anilines is 1. The molecule has 0 saturated carbocycles. The van der Waals surface area contributed by atoms with E-state index < -0.39 is 0 Å². The quantitative estimate of drug-likeness (QED) is 0.780. The summed E-state index contributed by atoms with van der Waals surface area (Å²) >= 11 is 1.61. The summed E-state index contributed by atoms with van der Waals surface area (Å²) in [5, 5.41) is 4.99. The molecule has 1 aromatic heterocycles. The first kappa shape index (κ1) is 17.6. The predicted octanol–water partition coefficient (Wildman–Crippen LogP) is 2.84. The SMILES string of the molecule is CC(N)CCC(=O)Nc1cccc(CN(C)Cc2cscn2)c1. The standard InChI is InChI=1S/C17H24N4OS/c1-13(18)6-7-17(22)20-15-5-3-4-14(8-15)9-21(2)10-16-11-23-12-19-16/h3-5,8,11-13H,6-7,9-10,18H2,1-2H3,(H,20,22). The molecule has 0 aliphatic rings. The molecular weight excluding hydrogens is 308 g/mol. The van der Waals surface area contributed by atoms with Crippen LogP contribution in [0.15, 0.2) is 35.2 Å². The van der Waals surface area contributed by atoms with Crippen molar-refractivity contribution < 1.29 is 4.79 Å². The lowest BCUT2D eigenvalue weighted by molar-refractivity contribution is -0.116. The van der Waals surface area contributed by atoms with Crippen molar-refractivity contribution in [3.8, 4) is 0 Å². The fourth-order valence-electron chi connectivity index (χ4n) is 2.29. The second kappa shape index (κ2) is 8.76. The van der Waals surface area contributed by atoms with Crippen molar-refractivity contribution in [3.05, 3.63) is 46.4 Å². The van der Waals surface area contributed by atoms with Gasteiger partial charge in [-0.15, -0.1) is 11.3 Å². The number of nitrogens with one attached hydrogen (secondary N) is 1. The molecule has 0 bridgehead atoms. The molecule has 0 aliphatic carbocycles. The number of thiazole rings is 1. The zero-order valence-corrected chi connectivity index (χ0v) is 14.5. The molecule has 2 rings (SSSR count). The summed E-state index contributed by atoms with van der Waals surface area (Å²) in [6.07, 6.45) is 1.15. The lowest BCUT2D eigenvalue weighted by atomic mass is 10.1. The van der Waals surface area contributed by atoms with Gasteiger partial charge in [0, 0.05) is 36.6 Å². The van der Waals surface area contributed by atoms with Gasteiger partial charge >= 0.3 is 0 Å². The average Bonchev–Trinajstić information content (AvgIpc) is 2.98. The molecule has 6 heteroatoms. The molecule has 3 N–H and O–H groups in total. The van der Waals surface area contributed by atoms with Crippen molar-refractivity contribution >= 4 is 22.9 Å². The highest BCUT2D eigenvalue weighted by Crippen LogP contribution is 2.14. The van der Waals surface area contributed by atoms with Gasteiger partial charge in [0.15, 0.2) is 0 Å². The Balaban J connectivity index is 1.87. The minimum absolute atomic E-state index is 0.00952. The largest absolute Gasteiger partial charge is 0.328 e. The first-order chi connectivity index (χ1) is 11.0. The Hall–Kier alpha value is -1.76. The Morgan fingerprint density at radius 2 is 2.26 bits per heavy atom. The van der Waals surface area contributed by atoms with E-state index >= 15 is 0 Å². The summed E-state index contributed by atoms with van der Waals surface area (Å²) in [6.45, 7) is 3.53. The maximum Gasteiger partial charge on any atom is 0.224 e. The number of nitrogens with zero attached hydrogens (tertiary/aromatic N) is 2. The Morgan fingerprint density at radius 1 is 1.43 bits per heavy atom. The Morgan fingerprint density at radius 3 is 2.96 bits per heavy atom. The molecule has 0 fully saturated rings. The van der Waals surface area contributed by atoms with Gasteiger partial charge in [-0.05, 0) is 38.1 Å². The smallest absolute Gasteiger partial charge is 0.224 e. The molecular formula is C17H24N4OS. The number of carbonyl (C=O) groups is 1. The van der Waals surface area contributed by atoms with E-state index in [1.807, 2.05) is 30.6 Å². The van der Waals surface area contributed by atoms with Crippen LogP contribution in [0.3, 0.4) is 0 Å². The van der Waals surface area contributed by atoms with E-state index in [0.717, 1.165) is 30.0 Å². The molecule has 1 aromatic carbocycles. The van der Waals surface area contributed by atoms with E-state index in [4.69, 9.17) is 5.73 Å². The molecule has 5 nitrogen and oxygen atoms in total. The minimum atomic E-state index is 0.00952. The summed E-state index contributed by atoms with van der Waals surface area (Å²) in [6, 6.07) is 8.00. The van der Waals surface area contributed by atoms with Crippen molar-refractivity contribution in [3.63, 3.8) is 0 Å². The molecule has 0 aliphatic heterocycles. The highest BCUT2D eigenvalue weighted by molar-refractivity contribution is 7.07. The predicted molar refractivity (Wildman–Crippen MR) is 95.2 cm³/mol. The topological polar surface area (TPSA) is 71.2 Å². The van der Waals surface area contributed by atoms with Crippen LogP contribution in [0.2, 0.25) is 0 Å². The highest BCUT2D eigenvalue weighted by atomic mass is 32.1. The van der Waals surface area contributed by atoms with Gasteiger partial charge in [0.2, 0.25) is 5.91 Å². The van der Waals surface area contributed by atoms with Crippen molar-refractivity contribution in [2.75, 3.05) is 12.4 Å². The van der Waals surface area contributed by atoms with Gasteiger partial charge in [-0.3, -0.25) is 9.69 Å². The van der Waals surface area contributed by atoms with E-state index in [-0.39, 0.29) is 11.9 Å². The second-order valence-corrected chi connectivity index (χ2v) is 6.64. The van der Waals surface area contributed by atoms with E-state index in [1.54, 1.807) is 11.3 Å². The van der Waals surface area contributed by atoms with Crippen LogP contribution in [-0.2, 0) is 17.9 Å². The van der Waals surface area contributed by atoms with Gasteiger partial charge < -0.3 is 11.1 Å². The van der Waals surface area contributed by atoms with Crippen LogP contribution in [0.4, 0.5) is 5.69 Å². The fraction of sp³-hybridized carbons (Fsp3) is 0.412. The number of hydrogen-bond donors (Lipinski definition) is 2. The van der Waals surface area contributed by atoms with Crippen molar-refractivity contribution in [2.24, 2.45) is 5.73 Å².